The number of allylic oxidation sites excluding steroid dienone is 3. The highest BCUT2D eigenvalue weighted by Crippen LogP contribution is 2.27. The predicted molar refractivity (Wildman–Crippen MR) is 92.0 cm³/mol. The van der Waals surface area contributed by atoms with Crippen LogP contribution in [-0.2, 0) is 0 Å². The third-order valence-corrected chi connectivity index (χ3v) is 4.70. The molecule has 1 aliphatic carbocycles. The third kappa shape index (κ3) is 7.92. The maximum atomic E-state index is 4.16. The lowest BCUT2D eigenvalue weighted by Crippen LogP contribution is -2.02. The normalized spacial score (nSPS) is 20.6. The van der Waals surface area contributed by atoms with Crippen molar-refractivity contribution in [2.24, 2.45) is 11.8 Å². The van der Waals surface area contributed by atoms with Gasteiger partial charge in [0.2, 0.25) is 0 Å². The molecule has 0 fully saturated rings. The van der Waals surface area contributed by atoms with Crippen molar-refractivity contribution >= 4 is 0 Å². The fourth-order valence-electron chi connectivity index (χ4n) is 3.43. The Bertz CT molecular complexity index is 297. The minimum Gasteiger partial charge on any atom is -0.0999 e. The number of rotatable bonds is 10. The standard InChI is InChI=1S/C20H36/c1-5-9-17(2)10-6-11-18(3)12-7-14-20-15-8-13-19(4)16-20/h16,18-19H,2,5-15H2,1,3-4H3. The van der Waals surface area contributed by atoms with Gasteiger partial charge in [-0.15, -0.1) is 0 Å². The van der Waals surface area contributed by atoms with Crippen LogP contribution in [0.4, 0.5) is 0 Å². The van der Waals surface area contributed by atoms with E-state index < -0.39 is 0 Å². The molecule has 0 aromatic rings. The zero-order chi connectivity index (χ0) is 14.8. The van der Waals surface area contributed by atoms with E-state index in [0.29, 0.717) is 0 Å². The minimum absolute atomic E-state index is 0.834. The molecule has 0 saturated carbocycles. The van der Waals surface area contributed by atoms with E-state index in [0.717, 1.165) is 11.8 Å². The maximum absolute atomic E-state index is 4.16. The molecule has 1 rings (SSSR count). The van der Waals surface area contributed by atoms with E-state index in [1.165, 1.54) is 76.2 Å². The third-order valence-electron chi connectivity index (χ3n) is 4.70. The van der Waals surface area contributed by atoms with Crippen molar-refractivity contribution in [3.8, 4) is 0 Å². The molecule has 2 atom stereocenters. The van der Waals surface area contributed by atoms with Gasteiger partial charge < -0.3 is 0 Å². The second-order valence-corrected chi connectivity index (χ2v) is 7.08. The van der Waals surface area contributed by atoms with Gasteiger partial charge in [-0.05, 0) is 63.2 Å². The van der Waals surface area contributed by atoms with Crippen LogP contribution in [-0.4, -0.2) is 0 Å². The SMILES string of the molecule is C=C(CCC)CCCC(C)CCCC1=CC(C)CCC1. The summed E-state index contributed by atoms with van der Waals surface area (Å²) in [5, 5.41) is 0. The Morgan fingerprint density at radius 3 is 2.75 bits per heavy atom. The van der Waals surface area contributed by atoms with Crippen LogP contribution >= 0.6 is 0 Å². The average molecular weight is 277 g/mol. The lowest BCUT2D eigenvalue weighted by atomic mass is 9.88. The Morgan fingerprint density at radius 1 is 1.30 bits per heavy atom. The zero-order valence-corrected chi connectivity index (χ0v) is 14.2. The van der Waals surface area contributed by atoms with Crippen molar-refractivity contribution in [3.63, 3.8) is 0 Å². The Labute approximate surface area is 127 Å². The molecule has 0 aliphatic heterocycles. The minimum atomic E-state index is 0.834. The molecule has 0 heteroatoms. The first-order chi connectivity index (χ1) is 9.61. The summed E-state index contributed by atoms with van der Waals surface area (Å²) in [5.41, 5.74) is 3.20. The van der Waals surface area contributed by atoms with E-state index in [4.69, 9.17) is 0 Å². The van der Waals surface area contributed by atoms with Crippen molar-refractivity contribution in [3.05, 3.63) is 23.8 Å². The average Bonchev–Trinajstić information content (AvgIpc) is 2.39. The number of hydrogen-bond donors (Lipinski definition) is 0. The van der Waals surface area contributed by atoms with Gasteiger partial charge in [0.05, 0.1) is 0 Å². The maximum Gasteiger partial charge on any atom is -0.0259 e. The van der Waals surface area contributed by atoms with Crippen molar-refractivity contribution in [1.82, 2.24) is 0 Å². The van der Waals surface area contributed by atoms with Crippen molar-refractivity contribution in [1.29, 1.82) is 0 Å². The van der Waals surface area contributed by atoms with Gasteiger partial charge in [0.1, 0.15) is 0 Å². The second-order valence-electron chi connectivity index (χ2n) is 7.08. The first-order valence-corrected chi connectivity index (χ1v) is 8.98. The summed E-state index contributed by atoms with van der Waals surface area (Å²) in [7, 11) is 0. The van der Waals surface area contributed by atoms with E-state index in [9.17, 15) is 0 Å². The molecule has 0 heterocycles. The van der Waals surface area contributed by atoms with Crippen LogP contribution in [0.25, 0.3) is 0 Å². The fourth-order valence-corrected chi connectivity index (χ4v) is 3.43. The molecular formula is C20H36. The van der Waals surface area contributed by atoms with Crippen LogP contribution in [0.1, 0.15) is 91.4 Å². The monoisotopic (exact) mass is 276 g/mol. The van der Waals surface area contributed by atoms with Crippen LogP contribution < -0.4 is 0 Å². The molecular weight excluding hydrogens is 240 g/mol. The summed E-state index contributed by atoms with van der Waals surface area (Å²) in [5.74, 6) is 1.73. The molecule has 0 bridgehead atoms. The summed E-state index contributed by atoms with van der Waals surface area (Å²) in [4.78, 5) is 0. The molecule has 1 aliphatic rings. The van der Waals surface area contributed by atoms with Gasteiger partial charge in [-0.3, -0.25) is 0 Å². The van der Waals surface area contributed by atoms with Crippen LogP contribution in [0.2, 0.25) is 0 Å². The van der Waals surface area contributed by atoms with Gasteiger partial charge in [-0.25, -0.2) is 0 Å². The predicted octanol–water partition coefficient (Wildman–Crippen LogP) is 7.07. The fraction of sp³-hybridized carbons (Fsp3) is 0.800. The highest BCUT2D eigenvalue weighted by molar-refractivity contribution is 5.07. The molecule has 2 unspecified atom stereocenters. The van der Waals surface area contributed by atoms with E-state index >= 15 is 0 Å². The first kappa shape index (κ1) is 17.5. The molecule has 0 spiro atoms. The molecule has 0 radical (unpaired) electrons. The molecule has 20 heavy (non-hydrogen) atoms. The molecule has 0 aromatic heterocycles. The first-order valence-electron chi connectivity index (χ1n) is 8.98. The van der Waals surface area contributed by atoms with Crippen LogP contribution in [0.5, 0.6) is 0 Å². The zero-order valence-electron chi connectivity index (χ0n) is 14.2. The van der Waals surface area contributed by atoms with Gasteiger partial charge in [-0.2, -0.15) is 0 Å². The van der Waals surface area contributed by atoms with Gasteiger partial charge in [-0.1, -0.05) is 63.8 Å². The van der Waals surface area contributed by atoms with Crippen LogP contribution in [0.3, 0.4) is 0 Å². The highest BCUT2D eigenvalue weighted by atomic mass is 14.2. The van der Waals surface area contributed by atoms with Crippen LogP contribution in [0.15, 0.2) is 23.8 Å². The molecule has 0 nitrogen and oxygen atoms in total. The Hall–Kier alpha value is -0.520. The summed E-state index contributed by atoms with van der Waals surface area (Å²) < 4.78 is 0. The van der Waals surface area contributed by atoms with E-state index in [2.05, 4.69) is 33.4 Å². The topological polar surface area (TPSA) is 0 Å². The van der Waals surface area contributed by atoms with Gasteiger partial charge in [0, 0.05) is 0 Å². The number of hydrogen-bond acceptors (Lipinski definition) is 0. The quantitative estimate of drug-likeness (QED) is 0.374. The van der Waals surface area contributed by atoms with E-state index in [1.807, 2.05) is 0 Å². The Kier molecular flexibility index (Phi) is 8.98. The molecule has 0 aromatic carbocycles. The molecule has 0 saturated heterocycles. The second kappa shape index (κ2) is 10.2. The summed E-state index contributed by atoms with van der Waals surface area (Å²) in [6.07, 6.45) is 17.4. The molecule has 0 amide bonds. The highest BCUT2D eigenvalue weighted by Gasteiger charge is 2.10. The van der Waals surface area contributed by atoms with Gasteiger partial charge >= 0.3 is 0 Å². The largest absolute Gasteiger partial charge is 0.0999 e. The summed E-state index contributed by atoms with van der Waals surface area (Å²) in [6.45, 7) is 11.2. The van der Waals surface area contributed by atoms with Crippen LogP contribution in [0, 0.1) is 11.8 Å². The van der Waals surface area contributed by atoms with Gasteiger partial charge in [0.25, 0.3) is 0 Å². The Morgan fingerprint density at radius 2 is 2.05 bits per heavy atom. The molecule has 116 valence electrons. The summed E-state index contributed by atoms with van der Waals surface area (Å²) in [6, 6.07) is 0. The van der Waals surface area contributed by atoms with E-state index in [1.54, 1.807) is 5.57 Å². The van der Waals surface area contributed by atoms with Gasteiger partial charge in [0.15, 0.2) is 0 Å². The Balaban J connectivity index is 2.05. The summed E-state index contributed by atoms with van der Waals surface area (Å²) >= 11 is 0. The lowest BCUT2D eigenvalue weighted by molar-refractivity contribution is 0.452. The lowest BCUT2D eigenvalue weighted by Gasteiger charge is -2.18. The van der Waals surface area contributed by atoms with E-state index in [-0.39, 0.29) is 0 Å². The van der Waals surface area contributed by atoms with Crippen molar-refractivity contribution in [2.45, 2.75) is 91.4 Å². The van der Waals surface area contributed by atoms with Crippen molar-refractivity contribution in [2.75, 3.05) is 0 Å². The van der Waals surface area contributed by atoms with Crippen molar-refractivity contribution < 1.29 is 0 Å². The smallest absolute Gasteiger partial charge is 0.0259 e. The molecule has 0 N–H and O–H groups in total.